The third-order valence-electron chi connectivity index (χ3n) is 4.01. The second-order valence-electron chi connectivity index (χ2n) is 6.22. The number of ether oxygens (including phenoxy) is 1. The van der Waals surface area contributed by atoms with Crippen molar-refractivity contribution >= 4 is 5.91 Å². The first-order valence-electron chi connectivity index (χ1n) is 8.11. The molecule has 1 aliphatic rings. The molecule has 124 valence electrons. The van der Waals surface area contributed by atoms with Crippen LogP contribution in [0.3, 0.4) is 0 Å². The van der Waals surface area contributed by atoms with E-state index in [0.717, 1.165) is 31.6 Å². The zero-order chi connectivity index (χ0) is 16.7. The fraction of sp³-hybridized carbons (Fsp3) is 0.556. The van der Waals surface area contributed by atoms with E-state index in [9.17, 15) is 4.79 Å². The van der Waals surface area contributed by atoms with Crippen LogP contribution in [-0.4, -0.2) is 62.1 Å². The van der Waals surface area contributed by atoms with Crippen LogP contribution in [0.1, 0.15) is 28.8 Å². The molecule has 5 heteroatoms. The summed E-state index contributed by atoms with van der Waals surface area (Å²) < 4.78 is 5.69. The van der Waals surface area contributed by atoms with E-state index in [1.807, 2.05) is 43.3 Å². The van der Waals surface area contributed by atoms with Gasteiger partial charge in [0.1, 0.15) is 0 Å². The molecule has 0 saturated carbocycles. The lowest BCUT2D eigenvalue weighted by Crippen LogP contribution is -2.41. The highest BCUT2D eigenvalue weighted by Gasteiger charge is 2.23. The molecule has 0 aromatic heterocycles. The first kappa shape index (κ1) is 17.5. The highest BCUT2D eigenvalue weighted by Crippen LogP contribution is 2.16. The number of hydrogen-bond acceptors (Lipinski definition) is 4. The first-order chi connectivity index (χ1) is 11.1. The Morgan fingerprint density at radius 3 is 2.87 bits per heavy atom. The van der Waals surface area contributed by atoms with Gasteiger partial charge in [-0.2, -0.15) is 5.26 Å². The molecule has 0 unspecified atom stereocenters. The van der Waals surface area contributed by atoms with Crippen molar-refractivity contribution in [2.45, 2.75) is 25.4 Å². The molecule has 1 atom stereocenters. The smallest absolute Gasteiger partial charge is 0.253 e. The van der Waals surface area contributed by atoms with Gasteiger partial charge >= 0.3 is 0 Å². The van der Waals surface area contributed by atoms with Crippen molar-refractivity contribution in [2.24, 2.45) is 0 Å². The summed E-state index contributed by atoms with van der Waals surface area (Å²) in [5.41, 5.74) is 1.53. The predicted molar refractivity (Wildman–Crippen MR) is 89.2 cm³/mol. The van der Waals surface area contributed by atoms with Crippen molar-refractivity contribution in [3.63, 3.8) is 0 Å². The summed E-state index contributed by atoms with van der Waals surface area (Å²) in [4.78, 5) is 16.8. The largest absolute Gasteiger partial charge is 0.376 e. The highest BCUT2D eigenvalue weighted by atomic mass is 16.5. The van der Waals surface area contributed by atoms with E-state index in [-0.39, 0.29) is 12.0 Å². The highest BCUT2D eigenvalue weighted by molar-refractivity contribution is 5.94. The van der Waals surface area contributed by atoms with Gasteiger partial charge in [-0.3, -0.25) is 4.79 Å². The molecule has 1 aliphatic heterocycles. The Labute approximate surface area is 138 Å². The average Bonchev–Trinajstić information content (AvgIpc) is 3.04. The molecule has 1 aromatic rings. The van der Waals surface area contributed by atoms with Crippen LogP contribution < -0.4 is 0 Å². The quantitative estimate of drug-likeness (QED) is 0.771. The van der Waals surface area contributed by atoms with Crippen molar-refractivity contribution in [1.29, 1.82) is 5.26 Å². The number of nitriles is 1. The third kappa shape index (κ3) is 5.34. The minimum absolute atomic E-state index is 0.0159. The maximum absolute atomic E-state index is 12.9. The van der Waals surface area contributed by atoms with E-state index in [1.54, 1.807) is 0 Å². The molecule has 0 bridgehead atoms. The van der Waals surface area contributed by atoms with E-state index < -0.39 is 0 Å². The van der Waals surface area contributed by atoms with Crippen LogP contribution >= 0.6 is 0 Å². The Morgan fingerprint density at radius 2 is 2.22 bits per heavy atom. The summed E-state index contributed by atoms with van der Waals surface area (Å²) in [7, 11) is 4.00. The fourth-order valence-corrected chi connectivity index (χ4v) is 2.72. The molecule has 5 nitrogen and oxygen atoms in total. The lowest BCUT2D eigenvalue weighted by atomic mass is 10.1. The molecule has 0 aliphatic carbocycles. The van der Waals surface area contributed by atoms with E-state index in [0.29, 0.717) is 25.1 Å². The molecular formula is C18H25N3O2. The molecule has 23 heavy (non-hydrogen) atoms. The monoisotopic (exact) mass is 315 g/mol. The molecule has 1 amide bonds. The van der Waals surface area contributed by atoms with Crippen molar-refractivity contribution in [3.05, 3.63) is 35.4 Å². The summed E-state index contributed by atoms with van der Waals surface area (Å²) >= 11 is 0. The van der Waals surface area contributed by atoms with Gasteiger partial charge in [0.15, 0.2) is 0 Å². The Balaban J connectivity index is 2.10. The Bertz CT molecular complexity index is 560. The zero-order valence-corrected chi connectivity index (χ0v) is 14.0. The molecule has 0 N–H and O–H groups in total. The number of nitrogens with zero attached hydrogens (tertiary/aromatic N) is 3. The summed E-state index contributed by atoms with van der Waals surface area (Å²) in [6.45, 7) is 2.91. The van der Waals surface area contributed by atoms with Gasteiger partial charge in [-0.25, -0.2) is 0 Å². The van der Waals surface area contributed by atoms with Crippen LogP contribution in [0.5, 0.6) is 0 Å². The van der Waals surface area contributed by atoms with Crippen LogP contribution in [0, 0.1) is 11.3 Å². The van der Waals surface area contributed by atoms with Gasteiger partial charge in [0.05, 0.1) is 18.6 Å². The van der Waals surface area contributed by atoms with Gasteiger partial charge < -0.3 is 14.5 Å². The standard InChI is InChI=1S/C18H25N3O2/c1-20(2)10-11-21(14-17-7-4-12-23-17)18(22)16-6-3-5-15(13-16)8-9-19/h3,5-6,13,17H,4,7-8,10-12,14H2,1-2H3/t17-/m0/s1. The predicted octanol–water partition coefficient (Wildman–Crippen LogP) is 1.94. The molecule has 2 rings (SSSR count). The fourth-order valence-electron chi connectivity index (χ4n) is 2.72. The van der Waals surface area contributed by atoms with Gasteiger partial charge in [0, 0.05) is 31.8 Å². The second kappa shape index (κ2) is 8.66. The van der Waals surface area contributed by atoms with Crippen LogP contribution in [0.2, 0.25) is 0 Å². The van der Waals surface area contributed by atoms with Crippen molar-refractivity contribution < 1.29 is 9.53 Å². The lowest BCUT2D eigenvalue weighted by molar-refractivity contribution is 0.0512. The van der Waals surface area contributed by atoms with Gasteiger partial charge in [-0.1, -0.05) is 12.1 Å². The lowest BCUT2D eigenvalue weighted by Gasteiger charge is -2.27. The van der Waals surface area contributed by atoms with E-state index in [2.05, 4.69) is 11.0 Å². The van der Waals surface area contributed by atoms with Gasteiger partial charge in [-0.15, -0.1) is 0 Å². The number of carbonyl (C=O) groups is 1. The molecule has 1 aromatic carbocycles. The maximum atomic E-state index is 12.9. The van der Waals surface area contributed by atoms with Gasteiger partial charge in [0.2, 0.25) is 0 Å². The summed E-state index contributed by atoms with van der Waals surface area (Å²) in [5.74, 6) is 0.0159. The first-order valence-corrected chi connectivity index (χ1v) is 8.11. The Hall–Kier alpha value is -1.90. The third-order valence-corrected chi connectivity index (χ3v) is 4.01. The van der Waals surface area contributed by atoms with Crippen molar-refractivity contribution in [3.8, 4) is 6.07 Å². The molecule has 0 radical (unpaired) electrons. The number of benzene rings is 1. The van der Waals surface area contributed by atoms with Crippen molar-refractivity contribution in [2.75, 3.05) is 40.3 Å². The van der Waals surface area contributed by atoms with Gasteiger partial charge in [-0.05, 0) is 44.6 Å². The van der Waals surface area contributed by atoms with Crippen LogP contribution in [0.25, 0.3) is 0 Å². The van der Waals surface area contributed by atoms with Crippen LogP contribution in [-0.2, 0) is 11.2 Å². The number of rotatable bonds is 7. The van der Waals surface area contributed by atoms with E-state index in [4.69, 9.17) is 10.00 Å². The van der Waals surface area contributed by atoms with Crippen LogP contribution in [0.4, 0.5) is 0 Å². The molecular weight excluding hydrogens is 290 g/mol. The summed E-state index contributed by atoms with van der Waals surface area (Å²) in [5, 5.41) is 8.83. The number of likely N-dealkylation sites (N-methyl/N-ethyl adjacent to an activating group) is 1. The molecule has 1 heterocycles. The average molecular weight is 315 g/mol. The number of amides is 1. The van der Waals surface area contributed by atoms with Gasteiger partial charge in [0.25, 0.3) is 5.91 Å². The second-order valence-corrected chi connectivity index (χ2v) is 6.22. The Morgan fingerprint density at radius 1 is 1.39 bits per heavy atom. The minimum Gasteiger partial charge on any atom is -0.376 e. The SMILES string of the molecule is CN(C)CCN(C[C@@H]1CCCO1)C(=O)c1cccc(CC#N)c1. The molecule has 0 spiro atoms. The molecule has 1 fully saturated rings. The topological polar surface area (TPSA) is 56.6 Å². The number of hydrogen-bond donors (Lipinski definition) is 0. The number of carbonyl (C=O) groups excluding carboxylic acids is 1. The van der Waals surface area contributed by atoms with Crippen molar-refractivity contribution in [1.82, 2.24) is 9.80 Å². The summed E-state index contributed by atoms with van der Waals surface area (Å²) in [6.07, 6.45) is 2.55. The van der Waals surface area contributed by atoms with E-state index >= 15 is 0 Å². The Kier molecular flexibility index (Phi) is 6.57. The normalized spacial score (nSPS) is 17.2. The zero-order valence-electron chi connectivity index (χ0n) is 14.0. The maximum Gasteiger partial charge on any atom is 0.253 e. The van der Waals surface area contributed by atoms with Crippen LogP contribution in [0.15, 0.2) is 24.3 Å². The minimum atomic E-state index is 0.0159. The van der Waals surface area contributed by atoms with E-state index in [1.165, 1.54) is 0 Å². The molecule has 1 saturated heterocycles. The summed E-state index contributed by atoms with van der Waals surface area (Å²) in [6, 6.07) is 9.49.